The third kappa shape index (κ3) is 16.2. The predicted molar refractivity (Wildman–Crippen MR) is 225 cm³/mol. The molecule has 0 heterocycles. The van der Waals surface area contributed by atoms with Gasteiger partial charge in [0.1, 0.15) is 42.7 Å². The van der Waals surface area contributed by atoms with Crippen LogP contribution < -0.4 is 31.7 Å². The highest BCUT2D eigenvalue weighted by Gasteiger charge is 2.31. The van der Waals surface area contributed by atoms with Crippen LogP contribution in [0, 0.1) is 13.8 Å². The summed E-state index contributed by atoms with van der Waals surface area (Å²) >= 11 is 0. The monoisotopic (exact) mass is 807 g/mol. The summed E-state index contributed by atoms with van der Waals surface area (Å²) < 4.78 is 16.9. The lowest BCUT2D eigenvalue weighted by Gasteiger charge is -2.27. The molecule has 13 heteroatoms. The van der Waals surface area contributed by atoms with Crippen LogP contribution in [0.15, 0.2) is 103 Å². The minimum atomic E-state index is -1.16. The molecule has 4 aromatic rings. The molecule has 4 rings (SSSR count). The van der Waals surface area contributed by atoms with E-state index in [1.165, 1.54) is 0 Å². The van der Waals surface area contributed by atoms with Gasteiger partial charge in [-0.2, -0.15) is 0 Å². The molecule has 0 radical (unpaired) electrons. The summed E-state index contributed by atoms with van der Waals surface area (Å²) in [5.74, 6) is -1.35. The average molecular weight is 808 g/mol. The van der Waals surface area contributed by atoms with Gasteiger partial charge in [-0.05, 0) is 99.4 Å². The minimum Gasteiger partial charge on any atom is -0.489 e. The molecule has 0 saturated carbocycles. The van der Waals surface area contributed by atoms with Crippen LogP contribution in [0.3, 0.4) is 0 Å². The lowest BCUT2D eigenvalue weighted by atomic mass is 9.95. The van der Waals surface area contributed by atoms with Crippen LogP contribution in [0.4, 0.5) is 9.59 Å². The first-order chi connectivity index (χ1) is 28.2. The molecule has 4 aromatic carbocycles. The molecule has 0 saturated heterocycles. The summed E-state index contributed by atoms with van der Waals surface area (Å²) in [7, 11) is 0. The third-order valence-electron chi connectivity index (χ3n) is 9.31. The maximum absolute atomic E-state index is 14.2. The normalized spacial score (nSPS) is 12.6. The molecule has 0 aliphatic rings. The largest absolute Gasteiger partial charge is 0.489 e. The zero-order valence-electron chi connectivity index (χ0n) is 34.5. The molecule has 6 N–H and O–H groups in total. The fourth-order valence-electron chi connectivity index (χ4n) is 6.29. The second kappa shape index (κ2) is 22.5. The van der Waals surface area contributed by atoms with Gasteiger partial charge in [-0.3, -0.25) is 14.4 Å². The number of aryl methyl sites for hydroxylation is 2. The molecule has 59 heavy (non-hydrogen) atoms. The molecule has 0 aliphatic heterocycles. The Balaban J connectivity index is 1.50. The zero-order chi connectivity index (χ0) is 42.8. The van der Waals surface area contributed by atoms with Gasteiger partial charge in [0.25, 0.3) is 0 Å². The van der Waals surface area contributed by atoms with E-state index >= 15 is 0 Å². The van der Waals surface area contributed by atoms with E-state index in [1.54, 1.807) is 20.8 Å². The van der Waals surface area contributed by atoms with Crippen molar-refractivity contribution < 1.29 is 38.2 Å². The van der Waals surface area contributed by atoms with E-state index in [-0.39, 0.29) is 32.4 Å². The Morgan fingerprint density at radius 2 is 1.15 bits per heavy atom. The number of carbonyl (C=O) groups excluding carboxylic acids is 5. The van der Waals surface area contributed by atoms with Gasteiger partial charge in [-0.25, -0.2) is 9.59 Å². The number of alkyl carbamates (subject to hydrolysis) is 2. The van der Waals surface area contributed by atoms with Crippen molar-refractivity contribution in [2.45, 2.75) is 104 Å². The van der Waals surface area contributed by atoms with Gasteiger partial charge >= 0.3 is 12.2 Å². The van der Waals surface area contributed by atoms with Gasteiger partial charge in [0.15, 0.2) is 0 Å². The van der Waals surface area contributed by atoms with Crippen molar-refractivity contribution in [1.82, 2.24) is 21.3 Å². The lowest BCUT2D eigenvalue weighted by Crippen LogP contribution is -2.57. The van der Waals surface area contributed by atoms with Crippen molar-refractivity contribution in [3.63, 3.8) is 0 Å². The zero-order valence-corrected chi connectivity index (χ0v) is 34.5. The van der Waals surface area contributed by atoms with Crippen LogP contribution in [0.5, 0.6) is 5.75 Å². The quantitative estimate of drug-likeness (QED) is 0.0662. The van der Waals surface area contributed by atoms with Crippen LogP contribution in [0.1, 0.15) is 73.4 Å². The van der Waals surface area contributed by atoms with Gasteiger partial charge in [0.2, 0.25) is 17.7 Å². The number of nitrogens with two attached hydrogens (primary N) is 1. The number of primary amides is 1. The number of benzene rings is 4. The summed E-state index contributed by atoms with van der Waals surface area (Å²) in [6, 6.07) is 28.6. The molecule has 5 amide bonds. The predicted octanol–water partition coefficient (Wildman–Crippen LogP) is 6.11. The first-order valence-corrected chi connectivity index (χ1v) is 19.8. The van der Waals surface area contributed by atoms with E-state index in [1.807, 2.05) is 117 Å². The maximum Gasteiger partial charge on any atom is 0.408 e. The third-order valence-corrected chi connectivity index (χ3v) is 9.31. The number of nitrogens with one attached hydrogen (secondary N) is 4. The Kier molecular flexibility index (Phi) is 17.3. The number of hydrogen-bond donors (Lipinski definition) is 5. The van der Waals surface area contributed by atoms with E-state index in [2.05, 4.69) is 21.3 Å². The van der Waals surface area contributed by atoms with Crippen LogP contribution >= 0.6 is 0 Å². The molecule has 3 atom stereocenters. The molecule has 3 unspecified atom stereocenters. The minimum absolute atomic E-state index is 0.0724. The molecule has 0 aliphatic carbocycles. The average Bonchev–Trinajstić information content (AvgIpc) is 3.19. The highest BCUT2D eigenvalue weighted by molar-refractivity contribution is 5.93. The maximum atomic E-state index is 14.2. The lowest BCUT2D eigenvalue weighted by molar-refractivity contribution is -0.132. The van der Waals surface area contributed by atoms with E-state index in [4.69, 9.17) is 19.9 Å². The van der Waals surface area contributed by atoms with E-state index in [0.717, 1.165) is 33.4 Å². The van der Waals surface area contributed by atoms with Crippen molar-refractivity contribution >= 4 is 29.9 Å². The van der Waals surface area contributed by atoms with Crippen LogP contribution in [-0.4, -0.2) is 60.2 Å². The summed E-state index contributed by atoms with van der Waals surface area (Å²) in [5, 5.41) is 11.0. The standard InChI is InChI=1S/C46H57N5O8/c1-31-25-36(57-29-34-19-11-7-12-20-34)26-32(2)37(31)28-40(51-45(56)59-46(3,4)5)43(54)49-38(42(53)50-39(41(47)52)27-33-17-9-6-10-18-33)23-15-16-24-48-44(55)58-30-35-21-13-8-14-22-35/h6-14,17-22,25-26,38-40H,15-16,23-24,27-30H2,1-5H3,(H2,47,52)(H,48,55)(H,49,54)(H,50,53)(H,51,56). The van der Waals surface area contributed by atoms with Gasteiger partial charge in [-0.15, -0.1) is 0 Å². The highest BCUT2D eigenvalue weighted by atomic mass is 16.6. The fourth-order valence-corrected chi connectivity index (χ4v) is 6.29. The van der Waals surface area contributed by atoms with Gasteiger partial charge in [0.05, 0.1) is 0 Å². The Morgan fingerprint density at radius 3 is 1.71 bits per heavy atom. The Hall–Kier alpha value is -6.37. The van der Waals surface area contributed by atoms with Crippen LogP contribution in [0.25, 0.3) is 0 Å². The van der Waals surface area contributed by atoms with Crippen molar-refractivity contribution in [2.75, 3.05) is 6.54 Å². The second-order valence-electron chi connectivity index (χ2n) is 15.4. The molecular weight excluding hydrogens is 751 g/mol. The topological polar surface area (TPSA) is 187 Å². The van der Waals surface area contributed by atoms with E-state index < -0.39 is 53.6 Å². The molecule has 0 bridgehead atoms. The first-order valence-electron chi connectivity index (χ1n) is 19.8. The van der Waals surface area contributed by atoms with Crippen LogP contribution in [0.2, 0.25) is 0 Å². The SMILES string of the molecule is Cc1cc(OCc2ccccc2)cc(C)c1CC(NC(=O)OC(C)(C)C)C(=O)NC(CCCCNC(=O)OCc1ccccc1)C(=O)NC(Cc1ccccc1)C(N)=O. The van der Waals surface area contributed by atoms with Gasteiger partial charge < -0.3 is 41.2 Å². The Bertz CT molecular complexity index is 1960. The van der Waals surface area contributed by atoms with Crippen LogP contribution in [-0.2, 0) is 49.9 Å². The Morgan fingerprint density at radius 1 is 0.627 bits per heavy atom. The molecule has 13 nitrogen and oxygen atoms in total. The number of ether oxygens (including phenoxy) is 3. The summed E-state index contributed by atoms with van der Waals surface area (Å²) in [5.41, 5.74) is 10.0. The number of rotatable bonds is 20. The number of hydrogen-bond acceptors (Lipinski definition) is 8. The first kappa shape index (κ1) is 45.3. The second-order valence-corrected chi connectivity index (χ2v) is 15.4. The summed E-state index contributed by atoms with van der Waals surface area (Å²) in [4.78, 5) is 66.2. The summed E-state index contributed by atoms with van der Waals surface area (Å²) in [6.07, 6.45) is -0.200. The smallest absolute Gasteiger partial charge is 0.408 e. The molecule has 0 spiro atoms. The molecule has 314 valence electrons. The number of amides is 5. The van der Waals surface area contributed by atoms with Crippen molar-refractivity contribution in [2.24, 2.45) is 5.73 Å². The van der Waals surface area contributed by atoms with E-state index in [0.29, 0.717) is 25.2 Å². The summed E-state index contributed by atoms with van der Waals surface area (Å²) in [6.45, 7) is 9.70. The van der Waals surface area contributed by atoms with Crippen molar-refractivity contribution in [1.29, 1.82) is 0 Å². The van der Waals surface area contributed by atoms with Gasteiger partial charge in [0, 0.05) is 19.4 Å². The van der Waals surface area contributed by atoms with E-state index in [9.17, 15) is 24.0 Å². The van der Waals surface area contributed by atoms with Gasteiger partial charge in [-0.1, -0.05) is 91.0 Å². The molecule has 0 aromatic heterocycles. The number of unbranched alkanes of at least 4 members (excludes halogenated alkanes) is 1. The highest BCUT2D eigenvalue weighted by Crippen LogP contribution is 2.24. The Labute approximate surface area is 346 Å². The fraction of sp³-hybridized carbons (Fsp3) is 0.370. The van der Waals surface area contributed by atoms with Crippen molar-refractivity contribution in [3.05, 3.63) is 137 Å². The molecule has 0 fully saturated rings. The molecular formula is C46H57N5O8. The van der Waals surface area contributed by atoms with Crippen molar-refractivity contribution in [3.8, 4) is 5.75 Å². The number of carbonyl (C=O) groups is 5.